The minimum atomic E-state index is -3.86. The third kappa shape index (κ3) is 5.14. The Morgan fingerprint density at radius 2 is 2.00 bits per heavy atom. The molecule has 0 saturated carbocycles. The van der Waals surface area contributed by atoms with E-state index in [1.54, 1.807) is 12.1 Å². The number of carbonyl (C=O) groups is 1. The molecule has 30 heavy (non-hydrogen) atoms. The van der Waals surface area contributed by atoms with E-state index in [4.69, 9.17) is 14.6 Å². The van der Waals surface area contributed by atoms with Crippen LogP contribution in [-0.4, -0.2) is 30.5 Å². The Bertz CT molecular complexity index is 1160. The smallest absolute Gasteiger partial charge is 0.344 e. The Labute approximate surface area is 173 Å². The van der Waals surface area contributed by atoms with Gasteiger partial charge in [-0.05, 0) is 36.8 Å². The number of halogens is 1. The van der Waals surface area contributed by atoms with Crippen molar-refractivity contribution in [1.29, 1.82) is 0 Å². The molecule has 0 unspecified atom stereocenters. The number of fused-ring (bicyclic) bond motifs is 1. The first-order valence-electron chi connectivity index (χ1n) is 9.34. The van der Waals surface area contributed by atoms with Gasteiger partial charge in [0.15, 0.2) is 18.2 Å². The van der Waals surface area contributed by atoms with Crippen molar-refractivity contribution in [3.05, 3.63) is 54.1 Å². The van der Waals surface area contributed by atoms with Crippen LogP contribution in [0.1, 0.15) is 25.6 Å². The number of aromatic nitrogens is 2. The number of hydrogen-bond acceptors (Lipinski definition) is 6. The second kappa shape index (κ2) is 9.23. The van der Waals surface area contributed by atoms with Gasteiger partial charge in [0.05, 0.1) is 15.9 Å². The number of benzene rings is 2. The predicted octanol–water partition coefficient (Wildman–Crippen LogP) is 2.75. The molecule has 1 aromatic heterocycles. The number of aryl methyl sites for hydroxylation is 1. The fraction of sp³-hybridized carbons (Fsp3) is 0.300. The van der Waals surface area contributed by atoms with Gasteiger partial charge in [-0.15, -0.1) is 0 Å². The SMILES string of the molecule is CCCCn1c(COC(=O)COc2ccccc2F)nc2cc(S(N)(=O)=O)ccc21. The molecular formula is C20H22FN3O5S. The first kappa shape index (κ1) is 21.7. The maximum absolute atomic E-state index is 13.6. The molecule has 3 rings (SSSR count). The monoisotopic (exact) mass is 435 g/mol. The Hall–Kier alpha value is -2.98. The number of primary sulfonamides is 1. The second-order valence-corrected chi connectivity index (χ2v) is 8.17. The normalized spacial score (nSPS) is 11.6. The molecule has 0 amide bonds. The number of esters is 1. The van der Waals surface area contributed by atoms with Crippen LogP contribution in [0.4, 0.5) is 4.39 Å². The zero-order valence-corrected chi connectivity index (χ0v) is 17.2. The predicted molar refractivity (Wildman–Crippen MR) is 108 cm³/mol. The number of sulfonamides is 1. The summed E-state index contributed by atoms with van der Waals surface area (Å²) in [5.74, 6) is -0.834. The van der Waals surface area contributed by atoms with Crippen molar-refractivity contribution in [1.82, 2.24) is 9.55 Å². The standard InChI is InChI=1S/C20H22FN3O5S/c1-2-3-10-24-17-9-8-14(30(22,26)27)11-16(17)23-19(24)12-29-20(25)13-28-18-7-5-4-6-15(18)21/h4-9,11H,2-3,10,12-13H2,1H3,(H2,22,26,27). The van der Waals surface area contributed by atoms with Gasteiger partial charge in [0.25, 0.3) is 0 Å². The van der Waals surface area contributed by atoms with Crippen LogP contribution in [0.5, 0.6) is 5.75 Å². The van der Waals surface area contributed by atoms with E-state index in [1.165, 1.54) is 30.3 Å². The highest BCUT2D eigenvalue weighted by Gasteiger charge is 2.16. The zero-order chi connectivity index (χ0) is 21.7. The lowest BCUT2D eigenvalue weighted by molar-refractivity contribution is -0.147. The lowest BCUT2D eigenvalue weighted by Gasteiger charge is -2.10. The van der Waals surface area contributed by atoms with Crippen molar-refractivity contribution in [3.8, 4) is 5.75 Å². The minimum Gasteiger partial charge on any atom is -0.479 e. The summed E-state index contributed by atoms with van der Waals surface area (Å²) in [7, 11) is -3.86. The van der Waals surface area contributed by atoms with E-state index < -0.39 is 28.4 Å². The molecule has 1 heterocycles. The molecule has 0 atom stereocenters. The molecule has 2 N–H and O–H groups in total. The number of nitrogens with zero attached hydrogens (tertiary/aromatic N) is 2. The molecular weight excluding hydrogens is 413 g/mol. The number of carbonyl (C=O) groups excluding carboxylic acids is 1. The number of para-hydroxylation sites is 1. The maximum atomic E-state index is 13.6. The molecule has 10 heteroatoms. The van der Waals surface area contributed by atoms with E-state index >= 15 is 0 Å². The average molecular weight is 435 g/mol. The number of ether oxygens (including phenoxy) is 2. The van der Waals surface area contributed by atoms with Crippen LogP contribution in [-0.2, 0) is 32.7 Å². The molecule has 0 spiro atoms. The summed E-state index contributed by atoms with van der Waals surface area (Å²) in [4.78, 5) is 16.4. The Morgan fingerprint density at radius 3 is 2.70 bits per heavy atom. The summed E-state index contributed by atoms with van der Waals surface area (Å²) >= 11 is 0. The summed E-state index contributed by atoms with van der Waals surface area (Å²) in [6.07, 6.45) is 1.80. The van der Waals surface area contributed by atoms with Crippen molar-refractivity contribution in [2.45, 2.75) is 37.8 Å². The van der Waals surface area contributed by atoms with Crippen molar-refractivity contribution in [2.75, 3.05) is 6.61 Å². The van der Waals surface area contributed by atoms with E-state index in [-0.39, 0.29) is 17.3 Å². The van der Waals surface area contributed by atoms with Crippen LogP contribution in [0.3, 0.4) is 0 Å². The average Bonchev–Trinajstić information content (AvgIpc) is 3.06. The lowest BCUT2D eigenvalue weighted by atomic mass is 10.3. The van der Waals surface area contributed by atoms with Gasteiger partial charge in [-0.1, -0.05) is 25.5 Å². The Kier molecular flexibility index (Phi) is 6.68. The van der Waals surface area contributed by atoms with Crippen LogP contribution in [0.15, 0.2) is 47.4 Å². The highest BCUT2D eigenvalue weighted by atomic mass is 32.2. The maximum Gasteiger partial charge on any atom is 0.344 e. The van der Waals surface area contributed by atoms with E-state index in [1.807, 2.05) is 11.5 Å². The van der Waals surface area contributed by atoms with E-state index in [0.29, 0.717) is 23.4 Å². The largest absolute Gasteiger partial charge is 0.479 e. The summed E-state index contributed by atoms with van der Waals surface area (Å²) in [6, 6.07) is 10.2. The van der Waals surface area contributed by atoms with Crippen LogP contribution in [0, 0.1) is 5.82 Å². The van der Waals surface area contributed by atoms with Gasteiger partial charge in [0.1, 0.15) is 12.4 Å². The van der Waals surface area contributed by atoms with Crippen molar-refractivity contribution in [2.24, 2.45) is 5.14 Å². The number of rotatable bonds is 9. The number of imidazole rings is 1. The lowest BCUT2D eigenvalue weighted by Crippen LogP contribution is -2.17. The van der Waals surface area contributed by atoms with Gasteiger partial charge >= 0.3 is 5.97 Å². The highest BCUT2D eigenvalue weighted by Crippen LogP contribution is 2.21. The van der Waals surface area contributed by atoms with Gasteiger partial charge in [-0.25, -0.2) is 27.7 Å². The molecule has 0 aliphatic carbocycles. The second-order valence-electron chi connectivity index (χ2n) is 6.61. The van der Waals surface area contributed by atoms with Gasteiger partial charge in [-0.2, -0.15) is 0 Å². The summed E-state index contributed by atoms with van der Waals surface area (Å²) < 4.78 is 49.0. The van der Waals surface area contributed by atoms with Gasteiger partial charge in [0, 0.05) is 6.54 Å². The number of unbranched alkanes of at least 4 members (excludes halogenated alkanes) is 1. The zero-order valence-electron chi connectivity index (χ0n) is 16.4. The Balaban J connectivity index is 1.75. The number of nitrogens with two attached hydrogens (primary N) is 1. The first-order chi connectivity index (χ1) is 14.3. The Morgan fingerprint density at radius 1 is 1.23 bits per heavy atom. The molecule has 2 aromatic carbocycles. The van der Waals surface area contributed by atoms with E-state index in [9.17, 15) is 17.6 Å². The van der Waals surface area contributed by atoms with E-state index in [0.717, 1.165) is 12.8 Å². The molecule has 160 valence electrons. The molecule has 0 fully saturated rings. The highest BCUT2D eigenvalue weighted by molar-refractivity contribution is 7.89. The molecule has 0 aliphatic heterocycles. The van der Waals surface area contributed by atoms with Crippen molar-refractivity contribution >= 4 is 27.0 Å². The van der Waals surface area contributed by atoms with Crippen molar-refractivity contribution < 1.29 is 27.1 Å². The summed E-state index contributed by atoms with van der Waals surface area (Å²) in [6.45, 7) is 2.08. The molecule has 0 saturated heterocycles. The third-order valence-electron chi connectivity index (χ3n) is 4.41. The fourth-order valence-electron chi connectivity index (χ4n) is 2.90. The van der Waals surface area contributed by atoms with E-state index in [2.05, 4.69) is 4.98 Å². The molecule has 0 aliphatic rings. The minimum absolute atomic E-state index is 0.0415. The van der Waals surface area contributed by atoms with Crippen LogP contribution < -0.4 is 9.88 Å². The summed E-state index contributed by atoms with van der Waals surface area (Å²) in [5.41, 5.74) is 1.15. The molecule has 0 bridgehead atoms. The topological polar surface area (TPSA) is 114 Å². The third-order valence-corrected chi connectivity index (χ3v) is 5.32. The molecule has 3 aromatic rings. The van der Waals surface area contributed by atoms with Gasteiger partial charge < -0.3 is 14.0 Å². The molecule has 8 nitrogen and oxygen atoms in total. The first-order valence-corrected chi connectivity index (χ1v) is 10.9. The van der Waals surface area contributed by atoms with Crippen LogP contribution >= 0.6 is 0 Å². The van der Waals surface area contributed by atoms with Crippen LogP contribution in [0.2, 0.25) is 0 Å². The quantitative estimate of drug-likeness (QED) is 0.517. The van der Waals surface area contributed by atoms with Gasteiger partial charge in [0.2, 0.25) is 10.0 Å². The van der Waals surface area contributed by atoms with Gasteiger partial charge in [-0.3, -0.25) is 0 Å². The number of hydrogen-bond donors (Lipinski definition) is 1. The summed E-state index contributed by atoms with van der Waals surface area (Å²) in [5, 5.41) is 5.19. The molecule has 0 radical (unpaired) electrons. The van der Waals surface area contributed by atoms with Crippen LogP contribution in [0.25, 0.3) is 11.0 Å². The van der Waals surface area contributed by atoms with Crippen molar-refractivity contribution in [3.63, 3.8) is 0 Å². The fourth-order valence-corrected chi connectivity index (χ4v) is 3.43.